The Balaban J connectivity index is 0.00000242. The molecule has 0 aromatic heterocycles. The first-order valence-corrected chi connectivity index (χ1v) is 7.93. The van der Waals surface area contributed by atoms with Gasteiger partial charge in [0.25, 0.3) is 0 Å². The van der Waals surface area contributed by atoms with Gasteiger partial charge in [0.15, 0.2) is 0 Å². The van der Waals surface area contributed by atoms with Gasteiger partial charge in [-0.2, -0.15) is 0 Å². The van der Waals surface area contributed by atoms with Gasteiger partial charge < -0.3 is 15.4 Å². The number of likely N-dealkylation sites (tertiary alicyclic amines) is 1. The first kappa shape index (κ1) is 18.9. The number of halogens is 1. The molecule has 1 unspecified atom stereocenters. The zero-order valence-corrected chi connectivity index (χ0v) is 13.9. The molecule has 1 atom stereocenters. The topological polar surface area (TPSA) is 55.6 Å². The lowest BCUT2D eigenvalue weighted by Gasteiger charge is -2.16. The van der Waals surface area contributed by atoms with Crippen LogP contribution in [0, 0.1) is 0 Å². The molecule has 1 aromatic rings. The van der Waals surface area contributed by atoms with E-state index < -0.39 is 0 Å². The van der Waals surface area contributed by atoms with Crippen LogP contribution in [0.15, 0.2) is 30.3 Å². The molecule has 0 spiro atoms. The maximum Gasteiger partial charge on any atom is 0.222 e. The summed E-state index contributed by atoms with van der Waals surface area (Å²) in [5.74, 6) is 0.218. The number of nitrogens with zero attached hydrogens (tertiary/aromatic N) is 1. The second kappa shape index (κ2) is 10.6. The van der Waals surface area contributed by atoms with Crippen molar-refractivity contribution in [2.45, 2.75) is 38.2 Å². The van der Waals surface area contributed by atoms with Crippen molar-refractivity contribution in [3.63, 3.8) is 0 Å². The van der Waals surface area contributed by atoms with E-state index >= 15 is 0 Å². The van der Waals surface area contributed by atoms with E-state index in [9.17, 15) is 4.79 Å². The fourth-order valence-corrected chi connectivity index (χ4v) is 2.67. The molecule has 4 nitrogen and oxygen atoms in total. The van der Waals surface area contributed by atoms with Crippen molar-refractivity contribution in [1.82, 2.24) is 4.90 Å². The van der Waals surface area contributed by atoms with Gasteiger partial charge in [-0.05, 0) is 37.8 Å². The number of carbonyl (C=O) groups is 1. The molecule has 0 radical (unpaired) electrons. The highest BCUT2D eigenvalue weighted by molar-refractivity contribution is 5.85. The minimum atomic E-state index is 0. The summed E-state index contributed by atoms with van der Waals surface area (Å²) in [5.41, 5.74) is 6.79. The Bertz CT molecular complexity index is 428. The van der Waals surface area contributed by atoms with E-state index in [0.29, 0.717) is 13.0 Å². The lowest BCUT2D eigenvalue weighted by atomic mass is 10.1. The average molecular weight is 327 g/mol. The van der Waals surface area contributed by atoms with Gasteiger partial charge in [-0.3, -0.25) is 4.79 Å². The van der Waals surface area contributed by atoms with Crippen molar-refractivity contribution in [2.24, 2.45) is 5.73 Å². The van der Waals surface area contributed by atoms with Gasteiger partial charge in [0.1, 0.15) is 0 Å². The molecule has 2 rings (SSSR count). The molecule has 0 saturated carbocycles. The quantitative estimate of drug-likeness (QED) is 0.746. The highest BCUT2D eigenvalue weighted by atomic mass is 35.5. The molecule has 2 N–H and O–H groups in total. The summed E-state index contributed by atoms with van der Waals surface area (Å²) in [6.07, 6.45) is 4.59. The minimum Gasteiger partial charge on any atom is -0.376 e. The molecule has 124 valence electrons. The molecule has 0 aliphatic carbocycles. The van der Waals surface area contributed by atoms with E-state index in [1.54, 1.807) is 0 Å². The van der Waals surface area contributed by atoms with Crippen molar-refractivity contribution in [2.75, 3.05) is 26.2 Å². The summed E-state index contributed by atoms with van der Waals surface area (Å²) >= 11 is 0. The summed E-state index contributed by atoms with van der Waals surface area (Å²) in [6.45, 7) is 2.92. The van der Waals surface area contributed by atoms with E-state index in [4.69, 9.17) is 10.5 Å². The van der Waals surface area contributed by atoms with Crippen LogP contribution < -0.4 is 5.73 Å². The van der Waals surface area contributed by atoms with Gasteiger partial charge in [0.2, 0.25) is 5.91 Å². The Morgan fingerprint density at radius 2 is 2.05 bits per heavy atom. The Hall–Kier alpha value is -1.10. The number of rotatable bonds is 8. The van der Waals surface area contributed by atoms with Crippen LogP contribution in [0.1, 0.15) is 31.2 Å². The lowest BCUT2D eigenvalue weighted by molar-refractivity contribution is -0.130. The molecule has 0 bridgehead atoms. The van der Waals surface area contributed by atoms with Crippen LogP contribution in [-0.4, -0.2) is 43.2 Å². The zero-order chi connectivity index (χ0) is 14.9. The molecule has 1 fully saturated rings. The number of carbonyl (C=O) groups excluding carboxylic acids is 1. The van der Waals surface area contributed by atoms with Crippen molar-refractivity contribution < 1.29 is 9.53 Å². The fraction of sp³-hybridized carbons (Fsp3) is 0.588. The summed E-state index contributed by atoms with van der Waals surface area (Å²) in [7, 11) is 0. The predicted octanol–water partition coefficient (Wildman–Crippen LogP) is 2.40. The van der Waals surface area contributed by atoms with Crippen LogP contribution in [0.4, 0.5) is 0 Å². The van der Waals surface area contributed by atoms with E-state index in [1.807, 2.05) is 11.0 Å². The number of aryl methyl sites for hydroxylation is 1. The Labute approximate surface area is 139 Å². The molecule has 1 aliphatic heterocycles. The summed E-state index contributed by atoms with van der Waals surface area (Å²) in [5, 5.41) is 0. The van der Waals surface area contributed by atoms with Crippen LogP contribution >= 0.6 is 12.4 Å². The second-order valence-corrected chi connectivity index (χ2v) is 5.60. The van der Waals surface area contributed by atoms with Gasteiger partial charge in [-0.15, -0.1) is 12.4 Å². The first-order chi connectivity index (χ1) is 10.3. The number of ether oxygens (including phenoxy) is 1. The second-order valence-electron chi connectivity index (χ2n) is 5.60. The fourth-order valence-electron chi connectivity index (χ4n) is 2.67. The summed E-state index contributed by atoms with van der Waals surface area (Å²) in [6, 6.07) is 10.5. The largest absolute Gasteiger partial charge is 0.376 e. The lowest BCUT2D eigenvalue weighted by Crippen LogP contribution is -2.30. The Kier molecular flexibility index (Phi) is 9.13. The van der Waals surface area contributed by atoms with E-state index in [0.717, 1.165) is 45.4 Å². The van der Waals surface area contributed by atoms with Gasteiger partial charge in [-0.1, -0.05) is 30.3 Å². The van der Waals surface area contributed by atoms with Gasteiger partial charge in [0.05, 0.1) is 6.10 Å². The maximum absolute atomic E-state index is 11.9. The standard InChI is InChI=1S/C17H26N2O2.ClH/c18-11-4-9-17(20)19-12-10-16(14-19)21-13-5-8-15-6-2-1-3-7-15;/h1-3,6-7,16H,4-5,8-14,18H2;1H. The smallest absolute Gasteiger partial charge is 0.222 e. The maximum atomic E-state index is 11.9. The van der Waals surface area contributed by atoms with E-state index in [2.05, 4.69) is 24.3 Å². The van der Waals surface area contributed by atoms with Crippen molar-refractivity contribution >= 4 is 18.3 Å². The van der Waals surface area contributed by atoms with Gasteiger partial charge >= 0.3 is 0 Å². The Morgan fingerprint density at radius 3 is 2.77 bits per heavy atom. The van der Waals surface area contributed by atoms with Crippen LogP contribution in [0.2, 0.25) is 0 Å². The van der Waals surface area contributed by atoms with Gasteiger partial charge in [-0.25, -0.2) is 0 Å². The molecular weight excluding hydrogens is 300 g/mol. The molecule has 22 heavy (non-hydrogen) atoms. The molecule has 1 aliphatic rings. The van der Waals surface area contributed by atoms with Crippen molar-refractivity contribution in [3.8, 4) is 0 Å². The number of hydrogen-bond acceptors (Lipinski definition) is 3. The average Bonchev–Trinajstić information content (AvgIpc) is 2.99. The number of amides is 1. The van der Waals surface area contributed by atoms with Gasteiger partial charge in [0, 0.05) is 26.1 Å². The third-order valence-corrected chi connectivity index (χ3v) is 3.90. The molecular formula is C17H27ClN2O2. The van der Waals surface area contributed by atoms with Crippen LogP contribution in [0.3, 0.4) is 0 Å². The highest BCUT2D eigenvalue weighted by Gasteiger charge is 2.25. The zero-order valence-electron chi connectivity index (χ0n) is 13.1. The number of nitrogens with two attached hydrogens (primary N) is 1. The van der Waals surface area contributed by atoms with Crippen LogP contribution in [0.25, 0.3) is 0 Å². The van der Waals surface area contributed by atoms with E-state index in [-0.39, 0.29) is 24.4 Å². The third-order valence-electron chi connectivity index (χ3n) is 3.90. The number of benzene rings is 1. The summed E-state index contributed by atoms with van der Waals surface area (Å²) < 4.78 is 5.89. The van der Waals surface area contributed by atoms with Crippen LogP contribution in [0.5, 0.6) is 0 Å². The molecule has 1 aromatic carbocycles. The van der Waals surface area contributed by atoms with Crippen molar-refractivity contribution in [1.29, 1.82) is 0 Å². The third kappa shape index (κ3) is 6.34. The SMILES string of the molecule is Cl.NCCCC(=O)N1CCC(OCCCc2ccccc2)C1. The first-order valence-electron chi connectivity index (χ1n) is 7.93. The molecule has 5 heteroatoms. The minimum absolute atomic E-state index is 0. The Morgan fingerprint density at radius 1 is 1.27 bits per heavy atom. The molecule has 1 amide bonds. The van der Waals surface area contributed by atoms with Crippen molar-refractivity contribution in [3.05, 3.63) is 35.9 Å². The normalized spacial score (nSPS) is 17.3. The number of hydrogen-bond donors (Lipinski definition) is 1. The monoisotopic (exact) mass is 326 g/mol. The predicted molar refractivity (Wildman–Crippen MR) is 91.2 cm³/mol. The van der Waals surface area contributed by atoms with Crippen LogP contribution in [-0.2, 0) is 16.0 Å². The molecule has 1 saturated heterocycles. The molecule has 1 heterocycles. The van der Waals surface area contributed by atoms with E-state index in [1.165, 1.54) is 5.56 Å². The highest BCUT2D eigenvalue weighted by Crippen LogP contribution is 2.15. The summed E-state index contributed by atoms with van der Waals surface area (Å²) in [4.78, 5) is 13.8.